The van der Waals surface area contributed by atoms with Gasteiger partial charge in [0, 0.05) is 22.7 Å². The highest BCUT2D eigenvalue weighted by Crippen LogP contribution is 2.52. The number of benzene rings is 8. The van der Waals surface area contributed by atoms with E-state index in [9.17, 15) is 0 Å². The molecule has 3 aliphatic rings. The van der Waals surface area contributed by atoms with Crippen LogP contribution in [-0.4, -0.2) is 19.9 Å². The van der Waals surface area contributed by atoms with Gasteiger partial charge in [-0.15, -0.1) is 0 Å². The molecule has 0 fully saturated rings. The van der Waals surface area contributed by atoms with Gasteiger partial charge in [0.1, 0.15) is 13.2 Å². The summed E-state index contributed by atoms with van der Waals surface area (Å²) in [5.41, 5.74) is 26.8. The quantitative estimate of drug-likeness (QED) is 0.161. The van der Waals surface area contributed by atoms with Crippen LogP contribution in [0.4, 0.5) is 34.1 Å². The summed E-state index contributed by atoms with van der Waals surface area (Å²) < 4.78 is 13.2. The van der Waals surface area contributed by atoms with Gasteiger partial charge in [-0.05, 0) is 174 Å². The molecule has 3 heterocycles. The van der Waals surface area contributed by atoms with E-state index in [2.05, 4.69) is 259 Å². The van der Waals surface area contributed by atoms with Crippen LogP contribution in [0.5, 0.6) is 11.5 Å². The lowest BCUT2D eigenvalue weighted by molar-refractivity contribution is 0.172. The Hall–Kier alpha value is -6.98. The van der Waals surface area contributed by atoms with Crippen LogP contribution in [0.25, 0.3) is 33.4 Å². The Balaban J connectivity index is 1.22. The maximum absolute atomic E-state index is 6.79. The number of hydrogen-bond acceptors (Lipinski definition) is 4. The van der Waals surface area contributed by atoms with E-state index in [-0.39, 0.29) is 28.4 Å². The Morgan fingerprint density at radius 3 is 1.32 bits per heavy atom. The summed E-state index contributed by atoms with van der Waals surface area (Å²) in [6.45, 7) is 35.3. The number of anilines is 6. The minimum Gasteiger partial charge on any atom is -0.486 e. The van der Waals surface area contributed by atoms with Gasteiger partial charge in [0.15, 0.2) is 11.5 Å². The Bertz CT molecular complexity index is 3400. The molecular formula is C69H73BN2O2. The van der Waals surface area contributed by atoms with Gasteiger partial charge in [-0.2, -0.15) is 0 Å². The molecule has 0 unspecified atom stereocenters. The van der Waals surface area contributed by atoms with Gasteiger partial charge in [0.05, 0.1) is 11.4 Å². The average molecular weight is 973 g/mol. The van der Waals surface area contributed by atoms with Gasteiger partial charge in [0.25, 0.3) is 6.71 Å². The van der Waals surface area contributed by atoms with Crippen LogP contribution in [0.15, 0.2) is 146 Å². The SMILES string of the molecule is Cc1cc2c3c(c1)N(c1c(C)cc(C(C)(C)C)cc1C)c1c(ccc4c1OCCO4)B3c1ccc(-c3ccc(C(C)(C)C)cc3)cc1N2c1cc(-c2ccc(C(C)(C)C)cc2)cc(-c2ccc(C(C)(C)C)cc2)c1. The molecule has 0 saturated heterocycles. The Kier molecular flexibility index (Phi) is 11.7. The molecule has 0 bridgehead atoms. The second-order valence-corrected chi connectivity index (χ2v) is 25.6. The zero-order valence-corrected chi connectivity index (χ0v) is 46.6. The molecule has 3 aliphatic heterocycles. The number of fused-ring (bicyclic) bond motifs is 6. The smallest absolute Gasteiger partial charge is 0.252 e. The number of aryl methyl sites for hydroxylation is 3. The van der Waals surface area contributed by atoms with Crippen LogP contribution in [0, 0.1) is 20.8 Å². The maximum Gasteiger partial charge on any atom is 0.252 e. The Labute approximate surface area is 442 Å². The fourth-order valence-electron chi connectivity index (χ4n) is 11.7. The van der Waals surface area contributed by atoms with Crippen molar-refractivity contribution < 1.29 is 9.47 Å². The second-order valence-electron chi connectivity index (χ2n) is 25.6. The first-order valence-corrected chi connectivity index (χ1v) is 26.8. The molecule has 8 aromatic carbocycles. The number of ether oxygens (including phenoxy) is 2. The predicted octanol–water partition coefficient (Wildman–Crippen LogP) is 16.7. The van der Waals surface area contributed by atoms with E-state index in [4.69, 9.17) is 9.47 Å². The van der Waals surface area contributed by atoms with Crippen molar-refractivity contribution in [2.24, 2.45) is 0 Å². The first-order chi connectivity index (χ1) is 34.9. The highest BCUT2D eigenvalue weighted by molar-refractivity contribution is 7.00. The third-order valence-electron chi connectivity index (χ3n) is 15.9. The normalized spacial score (nSPS) is 14.2. The largest absolute Gasteiger partial charge is 0.486 e. The van der Waals surface area contributed by atoms with E-state index in [1.54, 1.807) is 0 Å². The molecule has 0 atom stereocenters. The van der Waals surface area contributed by atoms with Crippen molar-refractivity contribution in [2.45, 2.75) is 126 Å². The molecule has 11 rings (SSSR count). The van der Waals surface area contributed by atoms with Crippen molar-refractivity contribution in [1.82, 2.24) is 0 Å². The summed E-state index contributed by atoms with van der Waals surface area (Å²) in [4.78, 5) is 5.13. The van der Waals surface area contributed by atoms with Crippen molar-refractivity contribution in [1.29, 1.82) is 0 Å². The third kappa shape index (κ3) is 8.60. The van der Waals surface area contributed by atoms with Gasteiger partial charge >= 0.3 is 0 Å². The first-order valence-electron chi connectivity index (χ1n) is 26.8. The lowest BCUT2D eigenvalue weighted by Crippen LogP contribution is -2.61. The molecule has 0 saturated carbocycles. The van der Waals surface area contributed by atoms with E-state index in [1.807, 2.05) is 0 Å². The molecule has 0 spiro atoms. The van der Waals surface area contributed by atoms with Crippen molar-refractivity contribution in [3.05, 3.63) is 185 Å². The maximum atomic E-state index is 6.79. The fourth-order valence-corrected chi connectivity index (χ4v) is 11.7. The van der Waals surface area contributed by atoms with E-state index in [1.165, 1.54) is 111 Å². The van der Waals surface area contributed by atoms with Crippen molar-refractivity contribution in [3.8, 4) is 44.9 Å². The average Bonchev–Trinajstić information content (AvgIpc) is 3.38. The van der Waals surface area contributed by atoms with Crippen LogP contribution in [-0.2, 0) is 21.7 Å². The van der Waals surface area contributed by atoms with Gasteiger partial charge in [-0.3, -0.25) is 0 Å². The summed E-state index contributed by atoms with van der Waals surface area (Å²) in [7, 11) is 0. The lowest BCUT2D eigenvalue weighted by Gasteiger charge is -2.46. The predicted molar refractivity (Wildman–Crippen MR) is 317 cm³/mol. The topological polar surface area (TPSA) is 24.9 Å². The number of hydrogen-bond donors (Lipinski definition) is 0. The Morgan fingerprint density at radius 1 is 0.378 bits per heavy atom. The van der Waals surface area contributed by atoms with Crippen LogP contribution < -0.4 is 35.7 Å². The molecule has 0 aromatic heterocycles. The summed E-state index contributed by atoms with van der Waals surface area (Å²) in [6, 6.07) is 56.3. The van der Waals surface area contributed by atoms with Crippen LogP contribution in [0.3, 0.4) is 0 Å². The molecule has 4 nitrogen and oxygen atoms in total. The molecule has 0 amide bonds. The zero-order valence-electron chi connectivity index (χ0n) is 46.6. The molecular weight excluding hydrogens is 900 g/mol. The van der Waals surface area contributed by atoms with E-state index in [0.29, 0.717) is 13.2 Å². The summed E-state index contributed by atoms with van der Waals surface area (Å²) in [5.74, 6) is 1.60. The molecule has 0 radical (unpaired) electrons. The molecule has 74 heavy (non-hydrogen) atoms. The second kappa shape index (κ2) is 17.6. The lowest BCUT2D eigenvalue weighted by atomic mass is 9.33. The standard InChI is InChI=1S/C69H73BN2O2/c1-42-34-59-62-60(35-42)72(63-43(2)36-54(37-44(63)3)69(13,14)15)64-57(30-31-61-65(64)74-33-32-73-61)70(62)56-29-22-48(45-16-23-51(24-17-45)66(4,5)6)41-58(56)71(59)55-39-49(46-18-25-52(26-19-46)67(7,8)9)38-50(40-55)47-20-27-53(28-21-47)68(10,11)12/h16-31,34-41H,32-33H2,1-15H3. The van der Waals surface area contributed by atoms with Crippen molar-refractivity contribution in [2.75, 3.05) is 23.0 Å². The van der Waals surface area contributed by atoms with Gasteiger partial charge in [0.2, 0.25) is 0 Å². The third-order valence-corrected chi connectivity index (χ3v) is 15.9. The highest BCUT2D eigenvalue weighted by Gasteiger charge is 2.46. The Morgan fingerprint density at radius 2 is 0.824 bits per heavy atom. The number of rotatable bonds is 5. The molecule has 8 aromatic rings. The van der Waals surface area contributed by atoms with Gasteiger partial charge in [-0.1, -0.05) is 186 Å². The van der Waals surface area contributed by atoms with Crippen LogP contribution >= 0.6 is 0 Å². The minimum atomic E-state index is -0.0989. The van der Waals surface area contributed by atoms with E-state index < -0.39 is 0 Å². The minimum absolute atomic E-state index is 0.00802. The molecule has 0 aliphatic carbocycles. The fraction of sp³-hybridized carbons (Fsp3) is 0.304. The van der Waals surface area contributed by atoms with Crippen LogP contribution in [0.2, 0.25) is 0 Å². The van der Waals surface area contributed by atoms with E-state index in [0.717, 1.165) is 22.9 Å². The summed E-state index contributed by atoms with van der Waals surface area (Å²) >= 11 is 0. The number of nitrogens with zero attached hydrogens (tertiary/aromatic N) is 2. The van der Waals surface area contributed by atoms with Gasteiger partial charge < -0.3 is 19.3 Å². The van der Waals surface area contributed by atoms with Gasteiger partial charge in [-0.25, -0.2) is 0 Å². The molecule has 5 heteroatoms. The zero-order chi connectivity index (χ0) is 52.4. The monoisotopic (exact) mass is 973 g/mol. The molecule has 374 valence electrons. The molecule has 0 N–H and O–H groups in total. The van der Waals surface area contributed by atoms with E-state index >= 15 is 0 Å². The van der Waals surface area contributed by atoms with Crippen molar-refractivity contribution >= 4 is 57.2 Å². The summed E-state index contributed by atoms with van der Waals surface area (Å²) in [6.07, 6.45) is 0. The highest BCUT2D eigenvalue weighted by atomic mass is 16.6. The summed E-state index contributed by atoms with van der Waals surface area (Å²) in [5, 5.41) is 0. The van der Waals surface area contributed by atoms with Crippen molar-refractivity contribution in [3.63, 3.8) is 0 Å². The first kappa shape index (κ1) is 49.2. The van der Waals surface area contributed by atoms with Crippen LogP contribution in [0.1, 0.15) is 122 Å².